The van der Waals surface area contributed by atoms with Crippen molar-refractivity contribution in [3.05, 3.63) is 59.4 Å². The number of carbonyl (C=O) groups is 6. The van der Waals surface area contributed by atoms with Crippen LogP contribution in [0.4, 0.5) is 0 Å². The molecule has 1 aliphatic heterocycles. The fraction of sp³-hybridized carbons (Fsp3) is 0.394. The lowest BCUT2D eigenvalue weighted by molar-refractivity contribution is -0.254. The zero-order chi connectivity index (χ0) is 34.4. The summed E-state index contributed by atoms with van der Waals surface area (Å²) in [6, 6.07) is 11.7. The molecule has 4 rings (SSSR count). The van der Waals surface area contributed by atoms with Crippen molar-refractivity contribution in [1.29, 1.82) is 0 Å². The van der Waals surface area contributed by atoms with Crippen LogP contribution < -0.4 is 9.47 Å². The Morgan fingerprint density at radius 1 is 0.660 bits per heavy atom. The highest BCUT2D eigenvalue weighted by atomic mass is 16.7. The molecular weight excluding hydrogens is 620 g/mol. The summed E-state index contributed by atoms with van der Waals surface area (Å²) in [7, 11) is 0. The van der Waals surface area contributed by atoms with Crippen molar-refractivity contribution in [2.45, 2.75) is 78.5 Å². The first-order valence-electron chi connectivity index (χ1n) is 14.5. The molecule has 2 aromatic carbocycles. The summed E-state index contributed by atoms with van der Waals surface area (Å²) in [5.74, 6) is -3.33. The van der Waals surface area contributed by atoms with E-state index >= 15 is 0 Å². The molecule has 0 amide bonds. The second-order valence-corrected chi connectivity index (χ2v) is 10.7. The van der Waals surface area contributed by atoms with Gasteiger partial charge >= 0.3 is 35.8 Å². The van der Waals surface area contributed by atoms with E-state index < -0.39 is 72.9 Å². The zero-order valence-corrected chi connectivity index (χ0v) is 26.6. The summed E-state index contributed by atoms with van der Waals surface area (Å²) in [6.07, 6.45) is -6.60. The standard InChI is InChI=1S/C33H34O14/c1-16(34)40-15-27-30(43-19(4)37)32(44-20(5)38)33(45-21(6)39)31(47-27)28-26(42-18(3)36)12-9-23-14-25(46-29(23)28)13-22-7-10-24(11-8-22)41-17(2)35/h7-12,14,27,30-33H,13,15H2,1-6H3/t27-,30-,31+,32+,33+/m1/s1. The van der Waals surface area contributed by atoms with Gasteiger partial charge in [0, 0.05) is 53.3 Å². The Balaban J connectivity index is 1.87. The van der Waals surface area contributed by atoms with Gasteiger partial charge in [0.15, 0.2) is 18.3 Å². The van der Waals surface area contributed by atoms with Crippen LogP contribution in [0.15, 0.2) is 46.9 Å². The third-order valence-electron chi connectivity index (χ3n) is 6.83. The van der Waals surface area contributed by atoms with Crippen molar-refractivity contribution in [1.82, 2.24) is 0 Å². The number of fused-ring (bicyclic) bond motifs is 1. The second kappa shape index (κ2) is 14.9. The minimum absolute atomic E-state index is 0.0162. The Kier molecular flexibility index (Phi) is 11.0. The molecule has 0 radical (unpaired) electrons. The van der Waals surface area contributed by atoms with Crippen molar-refractivity contribution < 1.29 is 66.3 Å². The molecule has 0 saturated carbocycles. The molecule has 0 unspecified atom stereocenters. The predicted octanol–water partition coefficient (Wildman–Crippen LogP) is 3.67. The van der Waals surface area contributed by atoms with Gasteiger partial charge in [-0.2, -0.15) is 0 Å². The highest BCUT2D eigenvalue weighted by molar-refractivity contribution is 5.85. The fourth-order valence-electron chi connectivity index (χ4n) is 5.26. The number of ether oxygens (including phenoxy) is 7. The van der Waals surface area contributed by atoms with Crippen LogP contribution in [0.1, 0.15) is 64.5 Å². The van der Waals surface area contributed by atoms with Gasteiger partial charge in [-0.1, -0.05) is 12.1 Å². The van der Waals surface area contributed by atoms with E-state index in [0.29, 0.717) is 23.3 Å². The minimum atomic E-state index is -1.46. The van der Waals surface area contributed by atoms with Crippen LogP contribution in [0.25, 0.3) is 11.0 Å². The first-order chi connectivity index (χ1) is 22.2. The van der Waals surface area contributed by atoms with Crippen LogP contribution in [-0.2, 0) is 58.9 Å². The molecule has 0 N–H and O–H groups in total. The van der Waals surface area contributed by atoms with Crippen LogP contribution in [0.5, 0.6) is 11.5 Å². The molecule has 3 aromatic rings. The summed E-state index contributed by atoms with van der Waals surface area (Å²) < 4.78 is 45.1. The number of furan rings is 1. The van der Waals surface area contributed by atoms with Gasteiger partial charge in [-0.3, -0.25) is 28.8 Å². The second-order valence-electron chi connectivity index (χ2n) is 10.7. The molecule has 0 spiro atoms. The van der Waals surface area contributed by atoms with Gasteiger partial charge < -0.3 is 37.6 Å². The Hall–Kier alpha value is -5.24. The van der Waals surface area contributed by atoms with Gasteiger partial charge in [0.05, 0.1) is 5.56 Å². The van der Waals surface area contributed by atoms with Gasteiger partial charge in [0.1, 0.15) is 41.7 Å². The van der Waals surface area contributed by atoms with Gasteiger partial charge in [0.2, 0.25) is 0 Å². The van der Waals surface area contributed by atoms with Crippen molar-refractivity contribution in [3.8, 4) is 11.5 Å². The molecule has 47 heavy (non-hydrogen) atoms. The Bertz CT molecular complexity index is 1670. The molecule has 1 fully saturated rings. The molecule has 2 heterocycles. The lowest BCUT2D eigenvalue weighted by atomic mass is 9.89. The molecule has 1 aromatic heterocycles. The first-order valence-corrected chi connectivity index (χ1v) is 14.5. The maximum atomic E-state index is 12.4. The number of rotatable bonds is 10. The number of benzene rings is 2. The molecule has 5 atom stereocenters. The summed E-state index contributed by atoms with van der Waals surface area (Å²) in [4.78, 5) is 72.2. The molecule has 14 heteroatoms. The number of hydrogen-bond acceptors (Lipinski definition) is 14. The average molecular weight is 655 g/mol. The van der Waals surface area contributed by atoms with E-state index in [4.69, 9.17) is 37.6 Å². The fourth-order valence-corrected chi connectivity index (χ4v) is 5.26. The Morgan fingerprint density at radius 3 is 1.83 bits per heavy atom. The van der Waals surface area contributed by atoms with E-state index in [0.717, 1.165) is 26.3 Å². The third kappa shape index (κ3) is 8.94. The van der Waals surface area contributed by atoms with Crippen LogP contribution >= 0.6 is 0 Å². The molecule has 1 saturated heterocycles. The largest absolute Gasteiger partial charge is 0.463 e. The third-order valence-corrected chi connectivity index (χ3v) is 6.83. The SMILES string of the molecule is CC(=O)OC[C@H]1O[C@@H](c2c(OC(C)=O)ccc3cc(Cc4ccc(OC(C)=O)cc4)oc23)[C@H](OC(C)=O)[C@@H](OC(C)=O)[C@@H]1OC(C)=O. The number of esters is 6. The van der Waals surface area contributed by atoms with Crippen molar-refractivity contribution in [2.24, 2.45) is 0 Å². The molecule has 250 valence electrons. The normalized spacial score (nSPS) is 20.5. The van der Waals surface area contributed by atoms with E-state index in [1.54, 1.807) is 36.4 Å². The summed E-state index contributed by atoms with van der Waals surface area (Å²) in [5, 5.41) is 0.551. The highest BCUT2D eigenvalue weighted by Crippen LogP contribution is 2.45. The minimum Gasteiger partial charge on any atom is -0.463 e. The molecule has 14 nitrogen and oxygen atoms in total. The monoisotopic (exact) mass is 654 g/mol. The lowest BCUT2D eigenvalue weighted by Crippen LogP contribution is -2.59. The average Bonchev–Trinajstić information content (AvgIpc) is 3.36. The van der Waals surface area contributed by atoms with Gasteiger partial charge in [0.25, 0.3) is 0 Å². The number of hydrogen-bond donors (Lipinski definition) is 0. The molecular formula is C33H34O14. The van der Waals surface area contributed by atoms with E-state index in [9.17, 15) is 28.8 Å². The Labute approximate surface area is 269 Å². The number of carbonyl (C=O) groups excluding carboxylic acids is 6. The van der Waals surface area contributed by atoms with Crippen molar-refractivity contribution in [3.63, 3.8) is 0 Å². The van der Waals surface area contributed by atoms with Crippen LogP contribution in [0, 0.1) is 0 Å². The van der Waals surface area contributed by atoms with E-state index in [1.165, 1.54) is 26.8 Å². The van der Waals surface area contributed by atoms with Gasteiger partial charge in [-0.25, -0.2) is 0 Å². The smallest absolute Gasteiger partial charge is 0.308 e. The van der Waals surface area contributed by atoms with Gasteiger partial charge in [-0.15, -0.1) is 0 Å². The molecule has 0 bridgehead atoms. The molecule has 1 aliphatic rings. The maximum Gasteiger partial charge on any atom is 0.308 e. The predicted molar refractivity (Wildman–Crippen MR) is 159 cm³/mol. The van der Waals surface area contributed by atoms with Gasteiger partial charge in [-0.05, 0) is 35.9 Å². The molecule has 0 aliphatic carbocycles. The first kappa shape index (κ1) is 34.6. The maximum absolute atomic E-state index is 12.4. The topological polar surface area (TPSA) is 180 Å². The summed E-state index contributed by atoms with van der Waals surface area (Å²) >= 11 is 0. The lowest BCUT2D eigenvalue weighted by Gasteiger charge is -2.44. The van der Waals surface area contributed by atoms with E-state index in [-0.39, 0.29) is 16.9 Å². The quantitative estimate of drug-likeness (QED) is 0.175. The Morgan fingerprint density at radius 2 is 1.26 bits per heavy atom. The van der Waals surface area contributed by atoms with Crippen LogP contribution in [-0.4, -0.2) is 66.8 Å². The van der Waals surface area contributed by atoms with E-state index in [2.05, 4.69) is 0 Å². The van der Waals surface area contributed by atoms with Crippen LogP contribution in [0.2, 0.25) is 0 Å². The highest BCUT2D eigenvalue weighted by Gasteiger charge is 2.54. The summed E-state index contributed by atoms with van der Waals surface area (Å²) in [6.45, 7) is 6.57. The van der Waals surface area contributed by atoms with E-state index in [1.807, 2.05) is 0 Å². The van der Waals surface area contributed by atoms with Crippen molar-refractivity contribution in [2.75, 3.05) is 6.61 Å². The van der Waals surface area contributed by atoms with Crippen molar-refractivity contribution >= 4 is 46.8 Å². The zero-order valence-electron chi connectivity index (χ0n) is 26.6. The summed E-state index contributed by atoms with van der Waals surface area (Å²) in [5.41, 5.74) is 1.12. The van der Waals surface area contributed by atoms with Crippen LogP contribution in [0.3, 0.4) is 0 Å².